The molecule has 1 atom stereocenters. The first-order valence-corrected chi connectivity index (χ1v) is 6.14. The molecule has 2 aromatic heterocycles. The van der Waals surface area contributed by atoms with Crippen LogP contribution in [0.1, 0.15) is 18.5 Å². The molecule has 3 N–H and O–H groups in total. The third-order valence-electron chi connectivity index (χ3n) is 3.46. The highest BCUT2D eigenvalue weighted by atomic mass is 16.1. The summed E-state index contributed by atoms with van der Waals surface area (Å²) >= 11 is 0. The highest BCUT2D eigenvalue weighted by Gasteiger charge is 2.23. The van der Waals surface area contributed by atoms with Gasteiger partial charge in [0.2, 0.25) is 0 Å². The lowest BCUT2D eigenvalue weighted by Gasteiger charge is -2.22. The van der Waals surface area contributed by atoms with Gasteiger partial charge in [-0.05, 0) is 19.4 Å². The summed E-state index contributed by atoms with van der Waals surface area (Å²) < 4.78 is 1.33. The monoisotopic (exact) mass is 248 g/mol. The fourth-order valence-electron chi connectivity index (χ4n) is 2.53. The maximum atomic E-state index is 11.8. The Labute approximate surface area is 104 Å². The molecule has 3 heterocycles. The Morgan fingerprint density at radius 2 is 2.44 bits per heavy atom. The van der Waals surface area contributed by atoms with Gasteiger partial charge in [-0.3, -0.25) is 14.8 Å². The van der Waals surface area contributed by atoms with Crippen LogP contribution in [0.2, 0.25) is 0 Å². The number of hydrogen-bond donors (Lipinski definition) is 2. The number of H-pyrrole nitrogens is 1. The zero-order chi connectivity index (χ0) is 12.5. The minimum absolute atomic E-state index is 0.129. The van der Waals surface area contributed by atoms with Gasteiger partial charge in [0.05, 0.1) is 5.69 Å². The third kappa shape index (κ3) is 1.91. The van der Waals surface area contributed by atoms with E-state index >= 15 is 0 Å². The minimum Gasteiger partial charge on any atom is -0.329 e. The molecule has 96 valence electrons. The van der Waals surface area contributed by atoms with E-state index < -0.39 is 0 Å². The van der Waals surface area contributed by atoms with Crippen LogP contribution in [0.3, 0.4) is 0 Å². The van der Waals surface area contributed by atoms with Crippen molar-refractivity contribution in [3.8, 4) is 0 Å². The van der Waals surface area contributed by atoms with Crippen molar-refractivity contribution in [1.82, 2.24) is 24.5 Å². The first-order chi connectivity index (χ1) is 8.78. The number of nitrogens with one attached hydrogen (secondary N) is 1. The lowest BCUT2D eigenvalue weighted by atomic mass is 10.2. The molecule has 0 amide bonds. The van der Waals surface area contributed by atoms with Crippen LogP contribution in [0.5, 0.6) is 0 Å². The summed E-state index contributed by atoms with van der Waals surface area (Å²) in [4.78, 5) is 22.5. The van der Waals surface area contributed by atoms with Crippen LogP contribution in [-0.2, 0) is 6.54 Å². The maximum Gasteiger partial charge on any atom is 0.274 e. The first-order valence-electron chi connectivity index (χ1n) is 6.14. The standard InChI is InChI=1S/C11H16N6O/c12-5-9-2-1-3-16(9)6-8-4-10(18)17-11(15-8)13-7-14-17/h4,7,9H,1-3,5-6,12H2,(H,13,14,15). The predicted octanol–water partition coefficient (Wildman–Crippen LogP) is -0.659. The van der Waals surface area contributed by atoms with E-state index in [1.807, 2.05) is 0 Å². The number of aromatic amines is 1. The van der Waals surface area contributed by atoms with Crippen molar-refractivity contribution in [3.63, 3.8) is 0 Å². The topological polar surface area (TPSA) is 92.3 Å². The van der Waals surface area contributed by atoms with Gasteiger partial charge in [-0.15, -0.1) is 0 Å². The van der Waals surface area contributed by atoms with Gasteiger partial charge in [0, 0.05) is 25.2 Å². The van der Waals surface area contributed by atoms with Crippen LogP contribution in [0.15, 0.2) is 17.2 Å². The minimum atomic E-state index is -0.129. The lowest BCUT2D eigenvalue weighted by Crippen LogP contribution is -2.35. The van der Waals surface area contributed by atoms with Crippen molar-refractivity contribution in [1.29, 1.82) is 0 Å². The van der Waals surface area contributed by atoms with E-state index in [-0.39, 0.29) is 5.56 Å². The average molecular weight is 248 g/mol. The van der Waals surface area contributed by atoms with Gasteiger partial charge >= 0.3 is 0 Å². The zero-order valence-corrected chi connectivity index (χ0v) is 10.0. The van der Waals surface area contributed by atoms with Crippen LogP contribution in [0.25, 0.3) is 5.78 Å². The summed E-state index contributed by atoms with van der Waals surface area (Å²) in [6.07, 6.45) is 3.75. The molecule has 1 unspecified atom stereocenters. The van der Waals surface area contributed by atoms with E-state index in [0.29, 0.717) is 24.9 Å². The first kappa shape index (κ1) is 11.4. The van der Waals surface area contributed by atoms with E-state index in [0.717, 1.165) is 25.1 Å². The van der Waals surface area contributed by atoms with Gasteiger partial charge in [0.25, 0.3) is 11.3 Å². The normalized spacial score (nSPS) is 20.8. The Morgan fingerprint density at radius 1 is 1.56 bits per heavy atom. The highest BCUT2D eigenvalue weighted by Crippen LogP contribution is 2.18. The van der Waals surface area contributed by atoms with Crippen molar-refractivity contribution < 1.29 is 0 Å². The fraction of sp³-hybridized carbons (Fsp3) is 0.545. The Balaban J connectivity index is 1.88. The molecular weight excluding hydrogens is 232 g/mol. The van der Waals surface area contributed by atoms with Gasteiger partial charge < -0.3 is 5.73 Å². The van der Waals surface area contributed by atoms with E-state index in [1.54, 1.807) is 6.07 Å². The Kier molecular flexibility index (Phi) is 2.85. The summed E-state index contributed by atoms with van der Waals surface area (Å²) in [5.41, 5.74) is 6.36. The molecule has 0 aliphatic carbocycles. The number of likely N-dealkylation sites (tertiary alicyclic amines) is 1. The number of nitrogens with two attached hydrogens (primary N) is 1. The molecule has 1 saturated heterocycles. The van der Waals surface area contributed by atoms with Gasteiger partial charge in [0.15, 0.2) is 0 Å². The number of rotatable bonds is 3. The van der Waals surface area contributed by atoms with Crippen molar-refractivity contribution in [2.75, 3.05) is 13.1 Å². The van der Waals surface area contributed by atoms with Crippen LogP contribution >= 0.6 is 0 Å². The summed E-state index contributed by atoms with van der Waals surface area (Å²) in [6, 6.07) is 1.96. The van der Waals surface area contributed by atoms with E-state index in [4.69, 9.17) is 5.73 Å². The van der Waals surface area contributed by atoms with E-state index in [1.165, 1.54) is 10.8 Å². The van der Waals surface area contributed by atoms with E-state index in [9.17, 15) is 4.79 Å². The molecule has 0 spiro atoms. The lowest BCUT2D eigenvalue weighted by molar-refractivity contribution is 0.247. The number of nitrogens with zero attached hydrogens (tertiary/aromatic N) is 4. The SMILES string of the molecule is NCC1CCCN1Cc1cc(=O)n2[nH]cnc2n1. The molecule has 0 saturated carbocycles. The molecule has 3 rings (SSSR count). The van der Waals surface area contributed by atoms with Gasteiger partial charge in [0.1, 0.15) is 6.33 Å². The van der Waals surface area contributed by atoms with Crippen molar-refractivity contribution in [3.05, 3.63) is 28.4 Å². The molecule has 18 heavy (non-hydrogen) atoms. The molecule has 0 aromatic carbocycles. The van der Waals surface area contributed by atoms with Gasteiger partial charge in [-0.1, -0.05) is 0 Å². The summed E-state index contributed by atoms with van der Waals surface area (Å²) in [5, 5.41) is 2.73. The van der Waals surface area contributed by atoms with Crippen molar-refractivity contribution in [2.24, 2.45) is 5.73 Å². The molecule has 1 aliphatic heterocycles. The average Bonchev–Trinajstić information content (AvgIpc) is 2.97. The van der Waals surface area contributed by atoms with Crippen LogP contribution in [0.4, 0.5) is 0 Å². The molecule has 0 bridgehead atoms. The second-order valence-electron chi connectivity index (χ2n) is 4.61. The third-order valence-corrected chi connectivity index (χ3v) is 3.46. The second-order valence-corrected chi connectivity index (χ2v) is 4.61. The zero-order valence-electron chi connectivity index (χ0n) is 10.0. The maximum absolute atomic E-state index is 11.8. The quantitative estimate of drug-likeness (QED) is 0.752. The summed E-state index contributed by atoms with van der Waals surface area (Å²) in [5.74, 6) is 0.418. The van der Waals surface area contributed by atoms with Crippen LogP contribution < -0.4 is 11.3 Å². The largest absolute Gasteiger partial charge is 0.329 e. The number of hydrogen-bond acceptors (Lipinski definition) is 5. The molecular formula is C11H16N6O. The highest BCUT2D eigenvalue weighted by molar-refractivity contribution is 5.26. The molecule has 1 aliphatic rings. The Bertz CT molecular complexity index is 603. The van der Waals surface area contributed by atoms with Gasteiger partial charge in [-0.25, -0.2) is 9.97 Å². The summed E-state index contributed by atoms with van der Waals surface area (Å²) in [7, 11) is 0. The fourth-order valence-corrected chi connectivity index (χ4v) is 2.53. The van der Waals surface area contributed by atoms with Crippen LogP contribution in [-0.4, -0.2) is 43.6 Å². The Morgan fingerprint density at radius 3 is 3.28 bits per heavy atom. The molecule has 7 nitrogen and oxygen atoms in total. The second kappa shape index (κ2) is 4.51. The molecule has 0 radical (unpaired) electrons. The van der Waals surface area contributed by atoms with Crippen molar-refractivity contribution in [2.45, 2.75) is 25.4 Å². The predicted molar refractivity (Wildman–Crippen MR) is 66.1 cm³/mol. The Hall–Kier alpha value is -1.73. The van der Waals surface area contributed by atoms with Crippen LogP contribution in [0, 0.1) is 0 Å². The summed E-state index contributed by atoms with van der Waals surface area (Å²) in [6.45, 7) is 2.34. The number of fused-ring (bicyclic) bond motifs is 1. The number of aromatic nitrogens is 4. The molecule has 1 fully saturated rings. The molecule has 2 aromatic rings. The van der Waals surface area contributed by atoms with E-state index in [2.05, 4.69) is 20.0 Å². The molecule has 7 heteroatoms. The van der Waals surface area contributed by atoms with Crippen molar-refractivity contribution >= 4 is 5.78 Å². The smallest absolute Gasteiger partial charge is 0.274 e. The van der Waals surface area contributed by atoms with Gasteiger partial charge in [-0.2, -0.15) is 4.52 Å².